The summed E-state index contributed by atoms with van der Waals surface area (Å²) < 4.78 is 5.08. The highest BCUT2D eigenvalue weighted by molar-refractivity contribution is 5.94. The van der Waals surface area contributed by atoms with Crippen LogP contribution >= 0.6 is 0 Å². The standard InChI is InChI=1S/C22H21N3O2/c26-21(18-8-12-27-14-18)24-11-9-22(15-24)16-25(13-17-5-2-1-3-6-17)19-7-4-10-23-20(19)22/h1-8,10,12,14H,9,11,13,15-16H2/t22-/m0/s1. The van der Waals surface area contributed by atoms with Crippen molar-refractivity contribution in [1.29, 1.82) is 0 Å². The van der Waals surface area contributed by atoms with Crippen molar-refractivity contribution < 1.29 is 9.21 Å². The lowest BCUT2D eigenvalue weighted by atomic mass is 9.85. The molecule has 5 rings (SSSR count). The Hall–Kier alpha value is -3.08. The molecule has 2 aliphatic heterocycles. The molecule has 1 spiro atoms. The SMILES string of the molecule is O=C(c1ccoc1)N1CC[C@]2(C1)CN(Cc1ccccc1)c1cccnc12. The fraction of sp³-hybridized carbons (Fsp3) is 0.273. The molecule has 1 saturated heterocycles. The van der Waals surface area contributed by atoms with Gasteiger partial charge in [0.1, 0.15) is 6.26 Å². The van der Waals surface area contributed by atoms with E-state index < -0.39 is 0 Å². The molecule has 1 fully saturated rings. The van der Waals surface area contributed by atoms with Gasteiger partial charge in [0, 0.05) is 32.4 Å². The Morgan fingerprint density at radius 3 is 2.81 bits per heavy atom. The number of rotatable bonds is 3. The Labute approximate surface area is 158 Å². The first-order chi connectivity index (χ1) is 13.3. The summed E-state index contributed by atoms with van der Waals surface area (Å²) in [6.45, 7) is 3.20. The van der Waals surface area contributed by atoms with Gasteiger partial charge in [-0.15, -0.1) is 0 Å². The van der Waals surface area contributed by atoms with Crippen molar-refractivity contribution in [2.75, 3.05) is 24.5 Å². The van der Waals surface area contributed by atoms with Gasteiger partial charge in [-0.25, -0.2) is 0 Å². The summed E-state index contributed by atoms with van der Waals surface area (Å²) in [5.74, 6) is 0.0413. The zero-order valence-electron chi connectivity index (χ0n) is 15.0. The summed E-state index contributed by atoms with van der Waals surface area (Å²) in [5.41, 5.74) is 4.13. The van der Waals surface area contributed by atoms with Crippen LogP contribution in [0.25, 0.3) is 0 Å². The Kier molecular flexibility index (Phi) is 3.74. The molecule has 1 amide bonds. The summed E-state index contributed by atoms with van der Waals surface area (Å²) in [5, 5.41) is 0. The molecule has 0 N–H and O–H groups in total. The van der Waals surface area contributed by atoms with Gasteiger partial charge < -0.3 is 14.2 Å². The largest absolute Gasteiger partial charge is 0.472 e. The molecule has 5 heteroatoms. The zero-order chi connectivity index (χ0) is 18.3. The number of amides is 1. The van der Waals surface area contributed by atoms with Crippen molar-refractivity contribution in [3.8, 4) is 0 Å². The Bertz CT molecular complexity index is 955. The zero-order valence-corrected chi connectivity index (χ0v) is 15.0. The van der Waals surface area contributed by atoms with E-state index in [1.807, 2.05) is 23.2 Å². The lowest BCUT2D eigenvalue weighted by Gasteiger charge is -2.25. The minimum atomic E-state index is -0.0925. The maximum atomic E-state index is 12.8. The van der Waals surface area contributed by atoms with Crippen LogP contribution in [-0.4, -0.2) is 35.4 Å². The molecule has 4 heterocycles. The van der Waals surface area contributed by atoms with Crippen molar-refractivity contribution >= 4 is 11.6 Å². The molecule has 1 atom stereocenters. The summed E-state index contributed by atoms with van der Waals surface area (Å²) in [4.78, 5) is 21.9. The fourth-order valence-corrected chi connectivity index (χ4v) is 4.47. The number of aromatic nitrogens is 1. The number of pyridine rings is 1. The average molecular weight is 359 g/mol. The van der Waals surface area contributed by atoms with Gasteiger partial charge in [-0.2, -0.15) is 0 Å². The minimum Gasteiger partial charge on any atom is -0.472 e. The summed E-state index contributed by atoms with van der Waals surface area (Å²) >= 11 is 0. The Morgan fingerprint density at radius 2 is 2.00 bits per heavy atom. The van der Waals surface area contributed by atoms with E-state index in [1.165, 1.54) is 17.5 Å². The lowest BCUT2D eigenvalue weighted by Crippen LogP contribution is -2.38. The molecule has 27 heavy (non-hydrogen) atoms. The van der Waals surface area contributed by atoms with Gasteiger partial charge in [-0.1, -0.05) is 30.3 Å². The van der Waals surface area contributed by atoms with E-state index in [2.05, 4.69) is 35.2 Å². The molecule has 136 valence electrons. The van der Waals surface area contributed by atoms with Gasteiger partial charge in [-0.05, 0) is 30.2 Å². The van der Waals surface area contributed by atoms with Crippen LogP contribution in [0.3, 0.4) is 0 Å². The first-order valence-electron chi connectivity index (χ1n) is 9.31. The topological polar surface area (TPSA) is 49.6 Å². The third-order valence-corrected chi connectivity index (χ3v) is 5.75. The monoisotopic (exact) mass is 359 g/mol. The molecule has 0 unspecified atom stereocenters. The molecule has 0 saturated carbocycles. The number of likely N-dealkylation sites (tertiary alicyclic amines) is 1. The van der Waals surface area contributed by atoms with Crippen molar-refractivity contribution in [3.63, 3.8) is 0 Å². The van der Waals surface area contributed by atoms with E-state index in [0.29, 0.717) is 12.1 Å². The third kappa shape index (κ3) is 2.70. The van der Waals surface area contributed by atoms with Crippen LogP contribution in [0.2, 0.25) is 0 Å². The molecule has 2 aromatic heterocycles. The summed E-state index contributed by atoms with van der Waals surface area (Å²) in [6.07, 6.45) is 5.88. The fourth-order valence-electron chi connectivity index (χ4n) is 4.47. The van der Waals surface area contributed by atoms with Gasteiger partial charge in [0.25, 0.3) is 5.91 Å². The van der Waals surface area contributed by atoms with Crippen molar-refractivity contribution in [3.05, 3.63) is 84.1 Å². The normalized spacial score (nSPS) is 21.0. The van der Waals surface area contributed by atoms with Crippen molar-refractivity contribution in [2.45, 2.75) is 18.4 Å². The van der Waals surface area contributed by atoms with Crippen LogP contribution in [0.4, 0.5) is 5.69 Å². The molecule has 1 aromatic carbocycles. The summed E-state index contributed by atoms with van der Waals surface area (Å²) in [6, 6.07) is 16.4. The molecule has 5 nitrogen and oxygen atoms in total. The number of nitrogens with zero attached hydrogens (tertiary/aromatic N) is 3. The quantitative estimate of drug-likeness (QED) is 0.718. The van der Waals surface area contributed by atoms with Crippen LogP contribution in [-0.2, 0) is 12.0 Å². The first kappa shape index (κ1) is 16.1. The number of fused-ring (bicyclic) bond motifs is 2. The number of benzene rings is 1. The number of hydrogen-bond acceptors (Lipinski definition) is 4. The number of hydrogen-bond donors (Lipinski definition) is 0. The molecule has 3 aromatic rings. The molecule has 2 aliphatic rings. The lowest BCUT2D eigenvalue weighted by molar-refractivity contribution is 0.0783. The van der Waals surface area contributed by atoms with Crippen LogP contribution in [0.5, 0.6) is 0 Å². The van der Waals surface area contributed by atoms with E-state index in [0.717, 1.165) is 31.7 Å². The van der Waals surface area contributed by atoms with Crippen molar-refractivity contribution in [2.24, 2.45) is 0 Å². The number of carbonyl (C=O) groups excluding carboxylic acids is 1. The van der Waals surface area contributed by atoms with E-state index in [4.69, 9.17) is 9.40 Å². The third-order valence-electron chi connectivity index (χ3n) is 5.75. The van der Waals surface area contributed by atoms with Crippen molar-refractivity contribution in [1.82, 2.24) is 9.88 Å². The highest BCUT2D eigenvalue weighted by Crippen LogP contribution is 2.45. The maximum absolute atomic E-state index is 12.8. The molecular formula is C22H21N3O2. The van der Waals surface area contributed by atoms with Gasteiger partial charge in [0.05, 0.1) is 28.6 Å². The molecular weight excluding hydrogens is 338 g/mol. The van der Waals surface area contributed by atoms with Gasteiger partial charge in [0.2, 0.25) is 0 Å². The predicted octanol–water partition coefficient (Wildman–Crippen LogP) is 3.48. The molecule has 0 aliphatic carbocycles. The second kappa shape index (κ2) is 6.27. The van der Waals surface area contributed by atoms with Crippen LogP contribution in [0.1, 0.15) is 28.0 Å². The smallest absolute Gasteiger partial charge is 0.257 e. The summed E-state index contributed by atoms with van der Waals surface area (Å²) in [7, 11) is 0. The second-order valence-electron chi connectivity index (χ2n) is 7.48. The second-order valence-corrected chi connectivity index (χ2v) is 7.48. The number of carbonyl (C=O) groups is 1. The van der Waals surface area contributed by atoms with Crippen LogP contribution in [0, 0.1) is 0 Å². The maximum Gasteiger partial charge on any atom is 0.257 e. The van der Waals surface area contributed by atoms with Gasteiger partial charge in [0.15, 0.2) is 0 Å². The average Bonchev–Trinajstić information content (AvgIpc) is 3.44. The molecule has 0 bridgehead atoms. The van der Waals surface area contributed by atoms with Crippen LogP contribution in [0.15, 0.2) is 71.7 Å². The van der Waals surface area contributed by atoms with E-state index in [1.54, 1.807) is 12.3 Å². The number of anilines is 1. The van der Waals surface area contributed by atoms with Crippen LogP contribution < -0.4 is 4.90 Å². The highest BCUT2D eigenvalue weighted by Gasteiger charge is 2.49. The molecule has 0 radical (unpaired) electrons. The van der Waals surface area contributed by atoms with Gasteiger partial charge in [-0.3, -0.25) is 9.78 Å². The highest BCUT2D eigenvalue weighted by atomic mass is 16.3. The van der Waals surface area contributed by atoms with E-state index in [9.17, 15) is 4.79 Å². The first-order valence-corrected chi connectivity index (χ1v) is 9.31. The Balaban J connectivity index is 1.43. The van der Waals surface area contributed by atoms with Gasteiger partial charge >= 0.3 is 0 Å². The Morgan fingerprint density at radius 1 is 1.11 bits per heavy atom. The number of furan rings is 1. The van der Waals surface area contributed by atoms with E-state index >= 15 is 0 Å². The minimum absolute atomic E-state index is 0.0413. The predicted molar refractivity (Wildman–Crippen MR) is 103 cm³/mol. The van der Waals surface area contributed by atoms with E-state index in [-0.39, 0.29) is 11.3 Å².